The monoisotopic (exact) mass is 292 g/mol. The highest BCUT2D eigenvalue weighted by molar-refractivity contribution is 6.61. The summed E-state index contributed by atoms with van der Waals surface area (Å²) in [6.45, 7) is 8.45. The number of aromatic nitrogens is 1. The summed E-state index contributed by atoms with van der Waals surface area (Å²) in [6.07, 6.45) is 0. The van der Waals surface area contributed by atoms with E-state index < -0.39 is 18.3 Å². The molecule has 0 bridgehead atoms. The minimum Gasteiger partial charge on any atom is -0.398 e. The van der Waals surface area contributed by atoms with Gasteiger partial charge in [0.05, 0.1) is 35.1 Å². The molecule has 0 saturated carbocycles. The summed E-state index contributed by atoms with van der Waals surface area (Å²) in [5.74, 6) is -0.0916. The maximum Gasteiger partial charge on any atom is 0.512 e. The second kappa shape index (κ2) is 4.59. The van der Waals surface area contributed by atoms with Crippen LogP contribution in [0.1, 0.15) is 49.8 Å². The van der Waals surface area contributed by atoms with Crippen LogP contribution in [-0.4, -0.2) is 42.9 Å². The Morgan fingerprint density at radius 1 is 1.29 bits per heavy atom. The van der Waals surface area contributed by atoms with Gasteiger partial charge in [-0.15, -0.1) is 0 Å². The van der Waals surface area contributed by atoms with Crippen molar-refractivity contribution in [3.8, 4) is 0 Å². The molecule has 0 spiro atoms. The first kappa shape index (κ1) is 14.6. The molecule has 0 aliphatic carbocycles. The third-order valence-electron chi connectivity index (χ3n) is 4.61. The third-order valence-corrected chi connectivity index (χ3v) is 4.61. The molecule has 2 aliphatic heterocycles. The highest BCUT2D eigenvalue weighted by Gasteiger charge is 2.52. The molecule has 3 rings (SSSR count). The zero-order valence-corrected chi connectivity index (χ0v) is 13.1. The highest BCUT2D eigenvalue weighted by atomic mass is 16.7. The van der Waals surface area contributed by atoms with Crippen LogP contribution in [0.15, 0.2) is 6.07 Å². The van der Waals surface area contributed by atoms with Gasteiger partial charge in [0.1, 0.15) is 0 Å². The minimum absolute atomic E-state index is 0.0916. The van der Waals surface area contributed by atoms with Gasteiger partial charge in [-0.05, 0) is 33.8 Å². The van der Waals surface area contributed by atoms with Crippen LogP contribution in [0.25, 0.3) is 0 Å². The normalized spacial score (nSPS) is 26.0. The number of nitrogens with one attached hydrogen (secondary N) is 2. The lowest BCUT2D eigenvalue weighted by Gasteiger charge is -2.32. The first-order valence-electron chi connectivity index (χ1n) is 7.13. The molecule has 1 amide bonds. The molecule has 0 radical (unpaired) electrons. The van der Waals surface area contributed by atoms with Crippen molar-refractivity contribution in [3.63, 3.8) is 0 Å². The van der Waals surface area contributed by atoms with Crippen molar-refractivity contribution in [3.05, 3.63) is 17.3 Å². The van der Waals surface area contributed by atoms with Gasteiger partial charge >= 0.3 is 7.12 Å². The molecule has 1 atom stereocenters. The Hall–Kier alpha value is -1.31. The summed E-state index contributed by atoms with van der Waals surface area (Å²) in [7, 11) is 1.12. The van der Waals surface area contributed by atoms with Gasteiger partial charge in [-0.3, -0.25) is 4.79 Å². The topological polar surface area (TPSA) is 72.6 Å². The number of H-pyrrole nitrogens is 1. The van der Waals surface area contributed by atoms with Crippen LogP contribution in [-0.2, 0) is 14.0 Å². The lowest BCUT2D eigenvalue weighted by molar-refractivity contribution is 0.00578. The van der Waals surface area contributed by atoms with E-state index in [9.17, 15) is 4.79 Å². The largest absolute Gasteiger partial charge is 0.512 e. The van der Waals surface area contributed by atoms with Crippen molar-refractivity contribution < 1.29 is 18.8 Å². The molecule has 1 aromatic heterocycles. The molecule has 0 aromatic carbocycles. The van der Waals surface area contributed by atoms with Gasteiger partial charge in [0.25, 0.3) is 5.91 Å². The summed E-state index contributed by atoms with van der Waals surface area (Å²) < 4.78 is 17.1. The molecular weight excluding hydrogens is 271 g/mol. The first-order valence-corrected chi connectivity index (χ1v) is 7.13. The van der Waals surface area contributed by atoms with E-state index in [1.54, 1.807) is 7.11 Å². The fourth-order valence-corrected chi connectivity index (χ4v) is 2.65. The lowest BCUT2D eigenvalue weighted by atomic mass is 9.85. The molecule has 21 heavy (non-hydrogen) atoms. The third kappa shape index (κ3) is 2.20. The number of carbonyl (C=O) groups excluding carboxylic acids is 1. The number of ether oxygens (including phenoxy) is 1. The maximum atomic E-state index is 12.0. The van der Waals surface area contributed by atoms with Crippen molar-refractivity contribution in [2.75, 3.05) is 13.7 Å². The standard InChI is InChI=1S/C14H21BN2O4/c1-13(2)14(3,4)21-15(20-13)10-6-8-11(17-10)9(7-19-5)16-12(8)18/h6,9,17H,7H2,1-5H3,(H,16,18). The molecule has 114 valence electrons. The molecule has 2 N–H and O–H groups in total. The van der Waals surface area contributed by atoms with E-state index in [0.29, 0.717) is 12.2 Å². The second-order valence-electron chi connectivity index (χ2n) is 6.62. The Morgan fingerprint density at radius 3 is 2.48 bits per heavy atom. The SMILES string of the molecule is COCC1NC(=O)c2cc(B3OC(C)(C)C(C)(C)O3)[nH]c21. The van der Waals surface area contributed by atoms with Crippen LogP contribution in [0.2, 0.25) is 0 Å². The van der Waals surface area contributed by atoms with Gasteiger partial charge in [0.15, 0.2) is 0 Å². The minimum atomic E-state index is -0.489. The van der Waals surface area contributed by atoms with Crippen molar-refractivity contribution in [2.45, 2.75) is 44.9 Å². The first-order chi connectivity index (χ1) is 9.75. The van der Waals surface area contributed by atoms with E-state index in [1.165, 1.54) is 0 Å². The van der Waals surface area contributed by atoms with E-state index in [1.807, 2.05) is 33.8 Å². The molecule has 2 aliphatic rings. The number of rotatable bonds is 3. The van der Waals surface area contributed by atoms with Gasteiger partial charge < -0.3 is 24.3 Å². The molecular formula is C14H21BN2O4. The van der Waals surface area contributed by atoms with Crippen LogP contribution in [0, 0.1) is 0 Å². The summed E-state index contributed by atoms with van der Waals surface area (Å²) in [4.78, 5) is 15.2. The van der Waals surface area contributed by atoms with E-state index in [-0.39, 0.29) is 11.9 Å². The molecule has 3 heterocycles. The van der Waals surface area contributed by atoms with Crippen LogP contribution >= 0.6 is 0 Å². The molecule has 1 unspecified atom stereocenters. The van der Waals surface area contributed by atoms with Gasteiger partial charge in [0.2, 0.25) is 0 Å². The molecule has 6 nitrogen and oxygen atoms in total. The Balaban J connectivity index is 1.88. The van der Waals surface area contributed by atoms with E-state index in [0.717, 1.165) is 11.3 Å². The number of carbonyl (C=O) groups is 1. The number of hydrogen-bond donors (Lipinski definition) is 2. The predicted octanol–water partition coefficient (Wildman–Crippen LogP) is 0.745. The van der Waals surface area contributed by atoms with Crippen molar-refractivity contribution >= 4 is 18.6 Å². The summed E-state index contributed by atoms with van der Waals surface area (Å²) in [5, 5.41) is 2.87. The number of fused-ring (bicyclic) bond motifs is 1. The smallest absolute Gasteiger partial charge is 0.398 e. The molecule has 1 fully saturated rings. The Labute approximate surface area is 124 Å². The van der Waals surface area contributed by atoms with E-state index >= 15 is 0 Å². The van der Waals surface area contributed by atoms with Gasteiger partial charge in [-0.2, -0.15) is 0 Å². The Bertz CT molecular complexity index is 566. The predicted molar refractivity (Wildman–Crippen MR) is 78.6 cm³/mol. The van der Waals surface area contributed by atoms with Crippen molar-refractivity contribution in [2.24, 2.45) is 0 Å². The highest BCUT2D eigenvalue weighted by Crippen LogP contribution is 2.36. The quantitative estimate of drug-likeness (QED) is 0.806. The van der Waals surface area contributed by atoms with Crippen molar-refractivity contribution in [1.29, 1.82) is 0 Å². The molecule has 1 saturated heterocycles. The van der Waals surface area contributed by atoms with Gasteiger partial charge in [-0.25, -0.2) is 0 Å². The fourth-order valence-electron chi connectivity index (χ4n) is 2.65. The van der Waals surface area contributed by atoms with Crippen LogP contribution < -0.4 is 10.9 Å². The average Bonchev–Trinajstić information content (AvgIpc) is 2.96. The van der Waals surface area contributed by atoms with Gasteiger partial charge in [0, 0.05) is 12.7 Å². The maximum absolute atomic E-state index is 12.0. The van der Waals surface area contributed by atoms with Crippen LogP contribution in [0.5, 0.6) is 0 Å². The summed E-state index contributed by atoms with van der Waals surface area (Å²) >= 11 is 0. The summed E-state index contributed by atoms with van der Waals surface area (Å²) in [6, 6.07) is 1.66. The average molecular weight is 292 g/mol. The number of amides is 1. The molecule has 1 aromatic rings. The second-order valence-corrected chi connectivity index (χ2v) is 6.62. The van der Waals surface area contributed by atoms with E-state index in [4.69, 9.17) is 14.0 Å². The number of hydrogen-bond acceptors (Lipinski definition) is 4. The fraction of sp³-hybridized carbons (Fsp3) is 0.643. The summed E-state index contributed by atoms with van der Waals surface area (Å²) in [5.41, 5.74) is 1.45. The van der Waals surface area contributed by atoms with Gasteiger partial charge in [-0.1, -0.05) is 0 Å². The zero-order chi connectivity index (χ0) is 15.4. The zero-order valence-electron chi connectivity index (χ0n) is 13.1. The molecule has 7 heteroatoms. The number of methoxy groups -OCH3 is 1. The van der Waals surface area contributed by atoms with Crippen molar-refractivity contribution in [1.82, 2.24) is 10.3 Å². The lowest BCUT2D eigenvalue weighted by Crippen LogP contribution is -2.41. The van der Waals surface area contributed by atoms with Crippen LogP contribution in [0.3, 0.4) is 0 Å². The number of aromatic amines is 1. The Kier molecular flexibility index (Phi) is 3.20. The van der Waals surface area contributed by atoms with Crippen LogP contribution in [0.4, 0.5) is 0 Å². The Morgan fingerprint density at radius 2 is 1.90 bits per heavy atom. The van der Waals surface area contributed by atoms with E-state index in [2.05, 4.69) is 10.3 Å².